The molecule has 2 heterocycles. The predicted molar refractivity (Wildman–Crippen MR) is 36.9 cm³/mol. The van der Waals surface area contributed by atoms with Gasteiger partial charge in [-0.15, -0.1) is 0 Å². The zero-order valence-electron chi connectivity index (χ0n) is 5.58. The molecule has 0 aromatic carbocycles. The van der Waals surface area contributed by atoms with E-state index in [0.29, 0.717) is 0 Å². The molecule has 0 aromatic heterocycles. The third-order valence-corrected chi connectivity index (χ3v) is 1.98. The normalized spacial score (nSPS) is 32.9. The molecule has 1 atom stereocenters. The van der Waals surface area contributed by atoms with Crippen LogP contribution in [0.3, 0.4) is 0 Å². The van der Waals surface area contributed by atoms with Crippen LogP contribution in [-0.2, 0) is 0 Å². The first-order chi connectivity index (χ1) is 4.45. The zero-order chi connectivity index (χ0) is 6.10. The van der Waals surface area contributed by atoms with Crippen LogP contribution in [-0.4, -0.2) is 36.1 Å². The van der Waals surface area contributed by atoms with Gasteiger partial charge in [-0.2, -0.15) is 0 Å². The Hall–Kier alpha value is -0.500. The average molecular weight is 124 g/mol. The molecule has 1 fully saturated rings. The van der Waals surface area contributed by atoms with Gasteiger partial charge in [-0.05, 0) is 12.6 Å². The van der Waals surface area contributed by atoms with E-state index in [2.05, 4.69) is 22.1 Å². The lowest BCUT2D eigenvalue weighted by Gasteiger charge is -2.37. The van der Waals surface area contributed by atoms with Crippen molar-refractivity contribution in [1.82, 2.24) is 9.80 Å². The molecule has 2 aliphatic rings. The SMILES string of the molecule is C1=CN2CCCN(C1)C2. The Morgan fingerprint density at radius 1 is 1.22 bits per heavy atom. The first-order valence-corrected chi connectivity index (χ1v) is 3.58. The van der Waals surface area contributed by atoms with Crippen molar-refractivity contribution in [2.75, 3.05) is 26.3 Å². The Morgan fingerprint density at radius 3 is 3.00 bits per heavy atom. The van der Waals surface area contributed by atoms with Gasteiger partial charge < -0.3 is 4.90 Å². The lowest BCUT2D eigenvalue weighted by atomic mass is 10.2. The average Bonchev–Trinajstić information content (AvgIpc) is 1.88. The highest BCUT2D eigenvalue weighted by Crippen LogP contribution is 2.09. The van der Waals surface area contributed by atoms with Gasteiger partial charge >= 0.3 is 0 Å². The van der Waals surface area contributed by atoms with E-state index in [-0.39, 0.29) is 0 Å². The Morgan fingerprint density at radius 2 is 2.22 bits per heavy atom. The smallest absolute Gasteiger partial charge is 0.0704 e. The molecule has 2 nitrogen and oxygen atoms in total. The van der Waals surface area contributed by atoms with Crippen molar-refractivity contribution in [3.63, 3.8) is 0 Å². The van der Waals surface area contributed by atoms with E-state index in [9.17, 15) is 0 Å². The minimum absolute atomic E-state index is 1.16. The van der Waals surface area contributed by atoms with Crippen molar-refractivity contribution in [3.8, 4) is 0 Å². The second-order valence-corrected chi connectivity index (χ2v) is 2.77. The second-order valence-electron chi connectivity index (χ2n) is 2.77. The van der Waals surface area contributed by atoms with Gasteiger partial charge in [-0.1, -0.05) is 6.08 Å². The summed E-state index contributed by atoms with van der Waals surface area (Å²) in [6, 6.07) is 0. The van der Waals surface area contributed by atoms with Crippen LogP contribution in [0.2, 0.25) is 0 Å². The molecule has 1 unspecified atom stereocenters. The minimum atomic E-state index is 1.16. The summed E-state index contributed by atoms with van der Waals surface area (Å²) in [5.41, 5.74) is 0. The molecule has 0 saturated carbocycles. The van der Waals surface area contributed by atoms with Gasteiger partial charge in [0.05, 0.1) is 6.67 Å². The van der Waals surface area contributed by atoms with E-state index < -0.39 is 0 Å². The quantitative estimate of drug-likeness (QED) is 0.463. The maximum atomic E-state index is 2.46. The Labute approximate surface area is 55.7 Å². The number of rotatable bonds is 0. The molecule has 1 saturated heterocycles. The third kappa shape index (κ3) is 0.944. The molecule has 2 rings (SSSR count). The number of hydrogen-bond donors (Lipinski definition) is 0. The van der Waals surface area contributed by atoms with Gasteiger partial charge in [0, 0.05) is 19.6 Å². The van der Waals surface area contributed by atoms with Crippen molar-refractivity contribution in [3.05, 3.63) is 12.3 Å². The molecule has 0 N–H and O–H groups in total. The van der Waals surface area contributed by atoms with Crippen LogP contribution in [0.25, 0.3) is 0 Å². The highest BCUT2D eigenvalue weighted by atomic mass is 15.3. The van der Waals surface area contributed by atoms with Crippen LogP contribution in [0, 0.1) is 0 Å². The molecule has 0 spiro atoms. The zero-order valence-corrected chi connectivity index (χ0v) is 5.58. The number of fused-ring (bicyclic) bond motifs is 2. The fraction of sp³-hybridized carbons (Fsp3) is 0.714. The molecule has 2 heteroatoms. The van der Waals surface area contributed by atoms with Crippen molar-refractivity contribution >= 4 is 0 Å². The summed E-state index contributed by atoms with van der Waals surface area (Å²) >= 11 is 0. The summed E-state index contributed by atoms with van der Waals surface area (Å²) in [5, 5.41) is 0. The van der Waals surface area contributed by atoms with Crippen LogP contribution in [0.5, 0.6) is 0 Å². The topological polar surface area (TPSA) is 6.48 Å². The maximum absolute atomic E-state index is 2.46. The van der Waals surface area contributed by atoms with Crippen LogP contribution < -0.4 is 0 Å². The number of hydrogen-bond acceptors (Lipinski definition) is 2. The van der Waals surface area contributed by atoms with Crippen molar-refractivity contribution in [2.24, 2.45) is 0 Å². The summed E-state index contributed by atoms with van der Waals surface area (Å²) in [4.78, 5) is 4.83. The van der Waals surface area contributed by atoms with E-state index in [1.807, 2.05) is 0 Å². The Balaban J connectivity index is 2.09. The summed E-state index contributed by atoms with van der Waals surface area (Å²) < 4.78 is 0. The number of nitrogens with zero attached hydrogens (tertiary/aromatic N) is 2. The van der Waals surface area contributed by atoms with Crippen LogP contribution in [0.4, 0.5) is 0 Å². The standard InChI is InChI=1S/C7H12N2/c1-3-8-5-2-6-9(4-1)7-8/h1,3H,2,4-7H2. The van der Waals surface area contributed by atoms with Gasteiger partial charge in [0.15, 0.2) is 0 Å². The summed E-state index contributed by atoms with van der Waals surface area (Å²) in [5.74, 6) is 0. The molecule has 9 heavy (non-hydrogen) atoms. The van der Waals surface area contributed by atoms with E-state index >= 15 is 0 Å². The summed E-state index contributed by atoms with van der Waals surface area (Å²) in [6.07, 6.45) is 5.79. The van der Waals surface area contributed by atoms with Crippen LogP contribution in [0.15, 0.2) is 12.3 Å². The van der Waals surface area contributed by atoms with E-state index in [0.717, 1.165) is 13.2 Å². The van der Waals surface area contributed by atoms with E-state index in [1.54, 1.807) is 0 Å². The monoisotopic (exact) mass is 124 g/mol. The molecular formula is C7H12N2. The van der Waals surface area contributed by atoms with Gasteiger partial charge in [-0.3, -0.25) is 4.90 Å². The van der Waals surface area contributed by atoms with Crippen molar-refractivity contribution in [1.29, 1.82) is 0 Å². The predicted octanol–water partition coefficient (Wildman–Crippen LogP) is 0.479. The maximum Gasteiger partial charge on any atom is 0.0704 e. The molecule has 0 aliphatic carbocycles. The fourth-order valence-corrected chi connectivity index (χ4v) is 1.51. The lowest BCUT2D eigenvalue weighted by Crippen LogP contribution is -2.44. The summed E-state index contributed by atoms with van der Waals surface area (Å²) in [6.45, 7) is 4.88. The molecule has 0 amide bonds. The minimum Gasteiger partial charge on any atom is -0.365 e. The molecule has 0 radical (unpaired) electrons. The Kier molecular flexibility index (Phi) is 1.19. The van der Waals surface area contributed by atoms with Crippen LogP contribution >= 0.6 is 0 Å². The van der Waals surface area contributed by atoms with Gasteiger partial charge in [-0.25, -0.2) is 0 Å². The largest absolute Gasteiger partial charge is 0.365 e. The van der Waals surface area contributed by atoms with Crippen molar-refractivity contribution in [2.45, 2.75) is 6.42 Å². The molecule has 2 aliphatic heterocycles. The molecular weight excluding hydrogens is 112 g/mol. The Bertz CT molecular complexity index is 131. The fourth-order valence-electron chi connectivity index (χ4n) is 1.51. The first-order valence-electron chi connectivity index (χ1n) is 3.58. The van der Waals surface area contributed by atoms with E-state index in [1.165, 1.54) is 19.5 Å². The molecule has 0 aromatic rings. The highest BCUT2D eigenvalue weighted by molar-refractivity contribution is 4.92. The first kappa shape index (κ1) is 5.30. The van der Waals surface area contributed by atoms with Crippen molar-refractivity contribution < 1.29 is 0 Å². The lowest BCUT2D eigenvalue weighted by molar-refractivity contribution is 0.122. The van der Waals surface area contributed by atoms with Gasteiger partial charge in [0.1, 0.15) is 0 Å². The second kappa shape index (κ2) is 2.03. The highest BCUT2D eigenvalue weighted by Gasteiger charge is 2.15. The third-order valence-electron chi connectivity index (χ3n) is 1.98. The van der Waals surface area contributed by atoms with Gasteiger partial charge in [0.25, 0.3) is 0 Å². The van der Waals surface area contributed by atoms with Crippen LogP contribution in [0.1, 0.15) is 6.42 Å². The van der Waals surface area contributed by atoms with E-state index in [4.69, 9.17) is 0 Å². The molecule has 2 bridgehead atoms. The molecule has 50 valence electrons. The summed E-state index contributed by atoms with van der Waals surface area (Å²) in [7, 11) is 0. The van der Waals surface area contributed by atoms with Gasteiger partial charge in [0.2, 0.25) is 0 Å².